The Morgan fingerprint density at radius 2 is 1.97 bits per heavy atom. The zero-order chi connectivity index (χ0) is 21.5. The topological polar surface area (TPSA) is 69.3 Å². The molecule has 1 N–H and O–H groups in total. The quantitative estimate of drug-likeness (QED) is 0.842. The van der Waals surface area contributed by atoms with Gasteiger partial charge < -0.3 is 9.80 Å². The molecule has 1 amide bonds. The monoisotopic (exact) mass is 412 g/mol. The second-order valence-corrected chi connectivity index (χ2v) is 9.12. The van der Waals surface area contributed by atoms with Gasteiger partial charge in [-0.15, -0.1) is 0 Å². The van der Waals surface area contributed by atoms with Gasteiger partial charge in [-0.3, -0.25) is 14.6 Å². The Morgan fingerprint density at radius 3 is 2.67 bits per heavy atom. The predicted molar refractivity (Wildman–Crippen MR) is 114 cm³/mol. The van der Waals surface area contributed by atoms with E-state index in [0.29, 0.717) is 30.4 Å². The molecule has 0 aliphatic carbocycles. The highest BCUT2D eigenvalue weighted by molar-refractivity contribution is 5.87. The lowest BCUT2D eigenvalue weighted by atomic mass is 9.82. The number of hydrogen-bond donors (Lipinski definition) is 1. The zero-order valence-corrected chi connectivity index (χ0v) is 17.9. The normalized spacial score (nSPS) is 19.5. The van der Waals surface area contributed by atoms with Crippen LogP contribution in [0.25, 0.3) is 0 Å². The minimum Gasteiger partial charge on any atom is -0.342 e. The van der Waals surface area contributed by atoms with Crippen LogP contribution in [0.15, 0.2) is 29.1 Å². The molecule has 160 valence electrons. The number of rotatable bonds is 3. The minimum absolute atomic E-state index is 0.0758. The van der Waals surface area contributed by atoms with E-state index in [1.54, 1.807) is 17.0 Å². The van der Waals surface area contributed by atoms with Crippen LogP contribution in [0.1, 0.15) is 50.4 Å². The highest BCUT2D eigenvalue weighted by Gasteiger charge is 2.36. The van der Waals surface area contributed by atoms with Gasteiger partial charge >= 0.3 is 0 Å². The van der Waals surface area contributed by atoms with Crippen molar-refractivity contribution >= 4 is 11.9 Å². The van der Waals surface area contributed by atoms with Crippen LogP contribution in [-0.2, 0) is 23.2 Å². The Labute approximate surface area is 176 Å². The lowest BCUT2D eigenvalue weighted by Crippen LogP contribution is -2.47. The summed E-state index contributed by atoms with van der Waals surface area (Å²) in [7, 11) is 0. The highest BCUT2D eigenvalue weighted by atomic mass is 19.1. The summed E-state index contributed by atoms with van der Waals surface area (Å²) in [4.78, 5) is 37.7. The first kappa shape index (κ1) is 20.6. The number of fused-ring (bicyclic) bond motifs is 1. The first-order valence-electron chi connectivity index (χ1n) is 10.7. The molecule has 3 heterocycles. The number of amides is 1. The van der Waals surface area contributed by atoms with E-state index in [4.69, 9.17) is 4.98 Å². The Kier molecular flexibility index (Phi) is 5.38. The molecular formula is C23H29FN4O2. The Hall–Kier alpha value is -2.70. The molecule has 0 spiro atoms. The van der Waals surface area contributed by atoms with Gasteiger partial charge in [0, 0.05) is 26.1 Å². The first-order chi connectivity index (χ1) is 14.3. The van der Waals surface area contributed by atoms with Crippen LogP contribution in [0.4, 0.5) is 10.3 Å². The van der Waals surface area contributed by atoms with E-state index in [-0.39, 0.29) is 23.8 Å². The van der Waals surface area contributed by atoms with Crippen molar-refractivity contribution in [1.82, 2.24) is 14.9 Å². The van der Waals surface area contributed by atoms with Crippen LogP contribution < -0.4 is 10.5 Å². The molecule has 1 fully saturated rings. The molecule has 2 aliphatic heterocycles. The third kappa shape index (κ3) is 3.85. The molecule has 0 bridgehead atoms. The molecule has 1 saturated heterocycles. The van der Waals surface area contributed by atoms with Crippen molar-refractivity contribution in [2.24, 2.45) is 5.92 Å². The lowest BCUT2D eigenvalue weighted by Gasteiger charge is -2.36. The van der Waals surface area contributed by atoms with E-state index in [1.165, 1.54) is 18.6 Å². The fraction of sp³-hybridized carbons (Fsp3) is 0.522. The number of halogens is 1. The number of benzene rings is 1. The van der Waals surface area contributed by atoms with E-state index in [1.807, 2.05) is 13.8 Å². The number of H-pyrrole nitrogens is 1. The van der Waals surface area contributed by atoms with Gasteiger partial charge in [-0.05, 0) is 50.3 Å². The van der Waals surface area contributed by atoms with Crippen LogP contribution in [0.3, 0.4) is 0 Å². The van der Waals surface area contributed by atoms with Crippen molar-refractivity contribution in [2.75, 3.05) is 24.5 Å². The molecule has 6 nitrogen and oxygen atoms in total. The molecule has 0 radical (unpaired) electrons. The van der Waals surface area contributed by atoms with Crippen molar-refractivity contribution in [1.29, 1.82) is 0 Å². The van der Waals surface area contributed by atoms with E-state index in [2.05, 4.69) is 16.8 Å². The zero-order valence-electron chi connectivity index (χ0n) is 17.9. The fourth-order valence-corrected chi connectivity index (χ4v) is 4.50. The molecule has 1 aromatic carbocycles. The van der Waals surface area contributed by atoms with Crippen LogP contribution in [-0.4, -0.2) is 40.4 Å². The summed E-state index contributed by atoms with van der Waals surface area (Å²) in [5.41, 5.74) is 1.13. The first-order valence-corrected chi connectivity index (χ1v) is 10.7. The third-order valence-corrected chi connectivity index (χ3v) is 6.40. The van der Waals surface area contributed by atoms with Crippen molar-refractivity contribution in [3.05, 3.63) is 57.3 Å². The Balaban J connectivity index is 1.55. The summed E-state index contributed by atoms with van der Waals surface area (Å²) in [6.45, 7) is 8.46. The van der Waals surface area contributed by atoms with Crippen molar-refractivity contribution in [2.45, 2.75) is 52.0 Å². The largest absolute Gasteiger partial charge is 0.342 e. The maximum atomic E-state index is 13.3. The predicted octanol–water partition coefficient (Wildman–Crippen LogP) is 3.01. The van der Waals surface area contributed by atoms with Gasteiger partial charge in [0.1, 0.15) is 5.82 Å². The van der Waals surface area contributed by atoms with Crippen molar-refractivity contribution in [3.8, 4) is 0 Å². The number of hydrogen-bond acceptors (Lipinski definition) is 4. The van der Waals surface area contributed by atoms with Gasteiger partial charge in [0.25, 0.3) is 5.56 Å². The van der Waals surface area contributed by atoms with Crippen LogP contribution in [0, 0.1) is 11.7 Å². The summed E-state index contributed by atoms with van der Waals surface area (Å²) >= 11 is 0. The number of aromatic nitrogens is 2. The fourth-order valence-electron chi connectivity index (χ4n) is 4.50. The summed E-state index contributed by atoms with van der Waals surface area (Å²) < 4.78 is 13.3. The number of aromatic amines is 1. The molecule has 30 heavy (non-hydrogen) atoms. The molecule has 2 aromatic rings. The average Bonchev–Trinajstić information content (AvgIpc) is 2.73. The van der Waals surface area contributed by atoms with Crippen LogP contribution in [0.2, 0.25) is 0 Å². The van der Waals surface area contributed by atoms with Gasteiger partial charge in [0.05, 0.1) is 23.2 Å². The average molecular weight is 413 g/mol. The number of piperidine rings is 1. The Bertz CT molecular complexity index is 999. The minimum atomic E-state index is -0.810. The second kappa shape index (κ2) is 7.85. The molecule has 1 atom stereocenters. The SMILES string of the molecule is C[C@H]1CCCN(c2nc3c(c(=O)[nH]2)CN(C(=O)C(C)(C)c2ccc(F)cc2)CC3)C1. The van der Waals surface area contributed by atoms with Crippen molar-refractivity contribution < 1.29 is 9.18 Å². The second-order valence-electron chi connectivity index (χ2n) is 9.12. The maximum Gasteiger partial charge on any atom is 0.257 e. The molecule has 0 saturated carbocycles. The highest BCUT2D eigenvalue weighted by Crippen LogP contribution is 2.29. The van der Waals surface area contributed by atoms with Crippen molar-refractivity contribution in [3.63, 3.8) is 0 Å². The molecule has 1 aromatic heterocycles. The summed E-state index contributed by atoms with van der Waals surface area (Å²) in [5, 5.41) is 0. The summed E-state index contributed by atoms with van der Waals surface area (Å²) in [6.07, 6.45) is 2.86. The van der Waals surface area contributed by atoms with Gasteiger partial charge in [0.2, 0.25) is 11.9 Å². The molecule has 7 heteroatoms. The van der Waals surface area contributed by atoms with Gasteiger partial charge in [-0.1, -0.05) is 19.1 Å². The summed E-state index contributed by atoms with van der Waals surface area (Å²) in [6, 6.07) is 6.03. The van der Waals surface area contributed by atoms with Crippen LogP contribution in [0.5, 0.6) is 0 Å². The van der Waals surface area contributed by atoms with Crippen LogP contribution >= 0.6 is 0 Å². The molecule has 4 rings (SSSR count). The van der Waals surface area contributed by atoms with E-state index < -0.39 is 5.41 Å². The van der Waals surface area contributed by atoms with Gasteiger partial charge in [-0.25, -0.2) is 9.37 Å². The third-order valence-electron chi connectivity index (χ3n) is 6.40. The summed E-state index contributed by atoms with van der Waals surface area (Å²) in [5.74, 6) is 0.831. The number of anilines is 1. The van der Waals surface area contributed by atoms with Gasteiger partial charge in [-0.2, -0.15) is 0 Å². The number of carbonyl (C=O) groups excluding carboxylic acids is 1. The lowest BCUT2D eigenvalue weighted by molar-refractivity contribution is -0.137. The number of nitrogens with one attached hydrogen (secondary N) is 1. The standard InChI is InChI=1S/C23H29FN4O2/c1-15-5-4-11-28(13-15)22-25-19-10-12-27(14-18(19)20(29)26-22)21(30)23(2,3)16-6-8-17(24)9-7-16/h6-9,15H,4-5,10-14H2,1-3H3,(H,25,26,29)/t15-/m0/s1. The number of carbonyl (C=O) groups is 1. The number of nitrogens with zero attached hydrogens (tertiary/aromatic N) is 3. The molecule has 0 unspecified atom stereocenters. The van der Waals surface area contributed by atoms with Gasteiger partial charge in [0.15, 0.2) is 0 Å². The molecule has 2 aliphatic rings. The Morgan fingerprint density at radius 1 is 1.23 bits per heavy atom. The van der Waals surface area contributed by atoms with E-state index in [9.17, 15) is 14.0 Å². The molecular weight excluding hydrogens is 383 g/mol. The van der Waals surface area contributed by atoms with E-state index in [0.717, 1.165) is 30.8 Å². The van der Waals surface area contributed by atoms with E-state index >= 15 is 0 Å². The maximum absolute atomic E-state index is 13.3. The smallest absolute Gasteiger partial charge is 0.257 e.